The van der Waals surface area contributed by atoms with E-state index < -0.39 is 0 Å². The van der Waals surface area contributed by atoms with Crippen molar-refractivity contribution in [2.45, 2.75) is 12.5 Å². The highest BCUT2D eigenvalue weighted by Crippen LogP contribution is 2.08. The molecule has 2 aliphatic heterocycles. The molecule has 0 atom stereocenters. The van der Waals surface area contributed by atoms with E-state index in [1.807, 2.05) is 4.90 Å². The van der Waals surface area contributed by atoms with Gasteiger partial charge in [-0.15, -0.1) is 24.8 Å². The second kappa shape index (κ2) is 5.52. The third-order valence-electron chi connectivity index (χ3n) is 2.31. The van der Waals surface area contributed by atoms with Gasteiger partial charge in [0.15, 0.2) is 0 Å². The third kappa shape index (κ3) is 2.62. The van der Waals surface area contributed by atoms with E-state index in [9.17, 15) is 4.79 Å². The van der Waals surface area contributed by atoms with Crippen molar-refractivity contribution < 1.29 is 4.79 Å². The van der Waals surface area contributed by atoms with Crippen LogP contribution >= 0.6 is 24.8 Å². The van der Waals surface area contributed by atoms with E-state index in [1.165, 1.54) is 0 Å². The van der Waals surface area contributed by atoms with Gasteiger partial charge in [0.05, 0.1) is 6.04 Å². The van der Waals surface area contributed by atoms with Crippen LogP contribution in [-0.2, 0) is 0 Å². The molecule has 2 fully saturated rings. The summed E-state index contributed by atoms with van der Waals surface area (Å²) in [4.78, 5) is 13.1. The van der Waals surface area contributed by atoms with Crippen molar-refractivity contribution in [2.75, 3.05) is 26.2 Å². The average Bonchev–Trinajstić information content (AvgIpc) is 1.90. The Morgan fingerprint density at radius 3 is 2.46 bits per heavy atom. The van der Waals surface area contributed by atoms with Gasteiger partial charge in [0.25, 0.3) is 0 Å². The van der Waals surface area contributed by atoms with Gasteiger partial charge in [0, 0.05) is 26.2 Å². The maximum absolute atomic E-state index is 11.2. The first-order valence-electron chi connectivity index (χ1n) is 4.13. The smallest absolute Gasteiger partial charge is 0.317 e. The lowest BCUT2D eigenvalue weighted by Crippen LogP contribution is -2.62. The molecule has 2 aliphatic rings. The fourth-order valence-corrected chi connectivity index (χ4v) is 1.49. The van der Waals surface area contributed by atoms with Gasteiger partial charge in [0.2, 0.25) is 0 Å². The fourth-order valence-electron chi connectivity index (χ4n) is 1.49. The molecule has 2 rings (SSSR count). The first-order valence-corrected chi connectivity index (χ1v) is 4.13. The highest BCUT2D eigenvalue weighted by Gasteiger charge is 2.29. The quantitative estimate of drug-likeness (QED) is 0.674. The molecule has 78 valence electrons. The van der Waals surface area contributed by atoms with Gasteiger partial charge in [-0.3, -0.25) is 0 Å². The lowest BCUT2D eigenvalue weighted by atomic mass is 10.1. The Balaban J connectivity index is 0.000000720. The molecule has 6 heteroatoms. The molecule has 0 radical (unpaired) electrons. The lowest BCUT2D eigenvalue weighted by Gasteiger charge is -2.40. The minimum atomic E-state index is 0. The monoisotopic (exact) mass is 227 g/mol. The maximum atomic E-state index is 11.2. The number of urea groups is 1. The zero-order chi connectivity index (χ0) is 7.68. The minimum absolute atomic E-state index is 0. The number of carbonyl (C=O) groups excluding carboxylic acids is 1. The van der Waals surface area contributed by atoms with E-state index in [4.69, 9.17) is 0 Å². The van der Waals surface area contributed by atoms with Gasteiger partial charge >= 0.3 is 6.03 Å². The second-order valence-electron chi connectivity index (χ2n) is 3.09. The van der Waals surface area contributed by atoms with Crippen molar-refractivity contribution in [1.29, 1.82) is 0 Å². The summed E-state index contributed by atoms with van der Waals surface area (Å²) in [6.45, 7) is 3.70. The van der Waals surface area contributed by atoms with Crippen LogP contribution in [0.5, 0.6) is 0 Å². The molecule has 0 saturated carbocycles. The summed E-state index contributed by atoms with van der Waals surface area (Å²) in [6, 6.07) is 0.568. The topological polar surface area (TPSA) is 44.4 Å². The van der Waals surface area contributed by atoms with Gasteiger partial charge in [0.1, 0.15) is 0 Å². The Labute approximate surface area is 90.2 Å². The van der Waals surface area contributed by atoms with Crippen LogP contribution in [0.4, 0.5) is 4.79 Å². The molecule has 0 spiro atoms. The largest absolute Gasteiger partial charge is 0.338 e. The van der Waals surface area contributed by atoms with Gasteiger partial charge < -0.3 is 15.5 Å². The van der Waals surface area contributed by atoms with Crippen molar-refractivity contribution >= 4 is 30.8 Å². The van der Waals surface area contributed by atoms with Crippen LogP contribution in [0.15, 0.2) is 0 Å². The van der Waals surface area contributed by atoms with E-state index >= 15 is 0 Å². The minimum Gasteiger partial charge on any atom is -0.338 e. The summed E-state index contributed by atoms with van der Waals surface area (Å²) >= 11 is 0. The number of hydrogen-bond donors (Lipinski definition) is 2. The zero-order valence-corrected chi connectivity index (χ0v) is 8.92. The Kier molecular flexibility index (Phi) is 5.44. The summed E-state index contributed by atoms with van der Waals surface area (Å²) in [5.74, 6) is 0. The SMILES string of the molecule is Cl.Cl.O=C1NCCCN1C1CNC1. The van der Waals surface area contributed by atoms with E-state index in [2.05, 4.69) is 10.6 Å². The number of amides is 2. The molecule has 0 aromatic carbocycles. The molecule has 0 aromatic rings. The average molecular weight is 228 g/mol. The van der Waals surface area contributed by atoms with Crippen molar-refractivity contribution in [3.63, 3.8) is 0 Å². The highest BCUT2D eigenvalue weighted by atomic mass is 35.5. The van der Waals surface area contributed by atoms with Crippen LogP contribution in [0.2, 0.25) is 0 Å². The number of halogens is 2. The van der Waals surface area contributed by atoms with Crippen molar-refractivity contribution in [3.8, 4) is 0 Å². The van der Waals surface area contributed by atoms with Gasteiger partial charge in [-0.2, -0.15) is 0 Å². The normalized spacial score (nSPS) is 22.2. The van der Waals surface area contributed by atoms with Crippen LogP contribution in [0.3, 0.4) is 0 Å². The second-order valence-corrected chi connectivity index (χ2v) is 3.09. The Morgan fingerprint density at radius 2 is 2.00 bits per heavy atom. The standard InChI is InChI=1S/C7H13N3O.2ClH/c11-7-9-2-1-3-10(7)6-4-8-5-6;;/h6,8H,1-5H2,(H,9,11);2*1H. The summed E-state index contributed by atoms with van der Waals surface area (Å²) in [7, 11) is 0. The summed E-state index contributed by atoms with van der Waals surface area (Å²) in [5, 5.41) is 6.00. The van der Waals surface area contributed by atoms with Gasteiger partial charge in [-0.1, -0.05) is 0 Å². The zero-order valence-electron chi connectivity index (χ0n) is 7.28. The van der Waals surface area contributed by atoms with E-state index in [0.717, 1.165) is 32.6 Å². The van der Waals surface area contributed by atoms with E-state index in [1.54, 1.807) is 0 Å². The molecule has 0 bridgehead atoms. The molecule has 2 heterocycles. The lowest BCUT2D eigenvalue weighted by molar-refractivity contribution is 0.137. The van der Waals surface area contributed by atoms with Crippen molar-refractivity contribution in [1.82, 2.24) is 15.5 Å². The summed E-state index contributed by atoms with van der Waals surface area (Å²) in [6.07, 6.45) is 1.09. The Bertz CT molecular complexity index is 175. The molecular weight excluding hydrogens is 213 g/mol. The summed E-state index contributed by atoms with van der Waals surface area (Å²) in [5.41, 5.74) is 0. The molecule has 2 N–H and O–H groups in total. The predicted molar refractivity (Wildman–Crippen MR) is 55.9 cm³/mol. The Hall–Kier alpha value is -0.190. The summed E-state index contributed by atoms with van der Waals surface area (Å²) < 4.78 is 0. The van der Waals surface area contributed by atoms with Crippen molar-refractivity contribution in [3.05, 3.63) is 0 Å². The number of nitrogens with zero attached hydrogens (tertiary/aromatic N) is 1. The van der Waals surface area contributed by atoms with Crippen molar-refractivity contribution in [2.24, 2.45) is 0 Å². The van der Waals surface area contributed by atoms with Crippen LogP contribution in [0, 0.1) is 0 Å². The Morgan fingerprint density at radius 1 is 1.31 bits per heavy atom. The van der Waals surface area contributed by atoms with E-state index in [0.29, 0.717) is 6.04 Å². The first kappa shape index (κ1) is 12.8. The van der Waals surface area contributed by atoms with E-state index in [-0.39, 0.29) is 30.8 Å². The predicted octanol–water partition coefficient (Wildman–Crippen LogP) is 0.217. The van der Waals surface area contributed by atoms with Crippen LogP contribution in [-0.4, -0.2) is 43.2 Å². The molecular formula is C7H15Cl2N3O. The number of carbonyl (C=O) groups is 1. The number of nitrogens with one attached hydrogen (secondary N) is 2. The molecule has 0 unspecified atom stereocenters. The van der Waals surface area contributed by atoms with Crippen LogP contribution in [0.25, 0.3) is 0 Å². The highest BCUT2D eigenvalue weighted by molar-refractivity contribution is 5.85. The molecule has 13 heavy (non-hydrogen) atoms. The van der Waals surface area contributed by atoms with Gasteiger partial charge in [-0.25, -0.2) is 4.79 Å². The maximum Gasteiger partial charge on any atom is 0.317 e. The van der Waals surface area contributed by atoms with Crippen LogP contribution < -0.4 is 10.6 Å². The van der Waals surface area contributed by atoms with Gasteiger partial charge in [-0.05, 0) is 6.42 Å². The molecule has 2 amide bonds. The first-order chi connectivity index (χ1) is 5.38. The molecule has 2 saturated heterocycles. The molecule has 4 nitrogen and oxygen atoms in total. The third-order valence-corrected chi connectivity index (χ3v) is 2.31. The number of hydrogen-bond acceptors (Lipinski definition) is 2. The molecule has 0 aromatic heterocycles. The number of rotatable bonds is 1. The fraction of sp³-hybridized carbons (Fsp3) is 0.857. The molecule has 0 aliphatic carbocycles. The van der Waals surface area contributed by atoms with Crippen LogP contribution in [0.1, 0.15) is 6.42 Å².